The minimum Gasteiger partial charge on any atom is -0.394 e. The van der Waals surface area contributed by atoms with Gasteiger partial charge in [0.1, 0.15) is 24.4 Å². The Kier molecular flexibility index (Phi) is 54.0. The van der Waals surface area contributed by atoms with Crippen molar-refractivity contribution in [2.45, 2.75) is 371 Å². The van der Waals surface area contributed by atoms with Gasteiger partial charge in [-0.15, -0.1) is 0 Å². The maximum atomic E-state index is 13.1. The highest BCUT2D eigenvalue weighted by molar-refractivity contribution is 5.76. The summed E-state index contributed by atoms with van der Waals surface area (Å²) in [5, 5.41) is 54.7. The molecular formula is C67H127NO8. The van der Waals surface area contributed by atoms with Gasteiger partial charge in [-0.25, -0.2) is 0 Å². The Morgan fingerprint density at radius 2 is 0.750 bits per heavy atom. The van der Waals surface area contributed by atoms with Gasteiger partial charge < -0.3 is 40.3 Å². The van der Waals surface area contributed by atoms with Crippen molar-refractivity contribution in [1.29, 1.82) is 0 Å². The third kappa shape index (κ3) is 45.2. The number of carbonyl (C=O) groups excluding carboxylic acids is 1. The second-order valence-electron chi connectivity index (χ2n) is 23.3. The van der Waals surface area contributed by atoms with E-state index in [9.17, 15) is 30.3 Å². The van der Waals surface area contributed by atoms with Crippen molar-refractivity contribution in [2.75, 3.05) is 13.2 Å². The van der Waals surface area contributed by atoms with E-state index in [0.29, 0.717) is 6.42 Å². The molecule has 1 heterocycles. The summed E-state index contributed by atoms with van der Waals surface area (Å²) in [6.45, 7) is 3.81. The fourth-order valence-electron chi connectivity index (χ4n) is 10.7. The molecule has 1 aliphatic heterocycles. The van der Waals surface area contributed by atoms with E-state index >= 15 is 0 Å². The largest absolute Gasteiger partial charge is 0.394 e. The zero-order valence-corrected chi connectivity index (χ0v) is 50.0. The molecule has 9 heteroatoms. The van der Waals surface area contributed by atoms with E-state index in [1.807, 2.05) is 6.08 Å². The average Bonchev–Trinajstić information content (AvgIpc) is 3.42. The van der Waals surface area contributed by atoms with E-state index in [1.54, 1.807) is 6.08 Å². The van der Waals surface area contributed by atoms with Crippen LogP contribution in [0.5, 0.6) is 0 Å². The molecule has 1 saturated heterocycles. The molecule has 0 radical (unpaired) electrons. The predicted molar refractivity (Wildman–Crippen MR) is 323 cm³/mol. The van der Waals surface area contributed by atoms with Crippen LogP contribution >= 0.6 is 0 Å². The van der Waals surface area contributed by atoms with Gasteiger partial charge in [0.05, 0.1) is 25.4 Å². The van der Waals surface area contributed by atoms with E-state index < -0.39 is 49.5 Å². The molecule has 0 aromatic rings. The zero-order chi connectivity index (χ0) is 55.0. The molecule has 7 atom stereocenters. The first kappa shape index (κ1) is 72.4. The normalized spacial score (nSPS) is 19.0. The van der Waals surface area contributed by atoms with E-state index in [4.69, 9.17) is 9.47 Å². The van der Waals surface area contributed by atoms with Crippen molar-refractivity contribution < 1.29 is 39.8 Å². The standard InChI is InChI=1S/C67H127NO8/c1-3-5-7-9-11-13-15-17-19-21-23-25-27-29-30-31-33-34-36-38-40-42-44-46-48-50-52-54-56-61(70)60(59-75-67-66(74)65(73)64(72)62(58-69)76-67)68-63(71)57-55-53-51-49-47-45-43-41-39-37-35-32-28-26-24-22-20-18-16-14-12-10-8-6-4-2/h38,40,46,48,54,56,60-62,64-67,69-70,72-74H,3-37,39,41-45,47,49-53,55,57-59H2,1-2H3,(H,68,71)/b40-38+,48-46+,56-54+. The molecule has 7 unspecified atom stereocenters. The molecule has 448 valence electrons. The van der Waals surface area contributed by atoms with Gasteiger partial charge in [-0.2, -0.15) is 0 Å². The van der Waals surface area contributed by atoms with Crippen LogP contribution in [0, 0.1) is 0 Å². The number of unbranched alkanes of at least 4 members (excludes halogenated alkanes) is 44. The number of ether oxygens (including phenoxy) is 2. The molecule has 1 fully saturated rings. The SMILES string of the molecule is CCCCCCCCCCCCCCCCCCCC/C=C/CC/C=C/CC/C=C/C(O)C(COC1OC(CO)C(O)C(O)C1O)NC(=O)CCCCCCCCCCCCCCCCCCCCCCCCCCC. The minimum absolute atomic E-state index is 0.184. The molecule has 0 bridgehead atoms. The van der Waals surface area contributed by atoms with Crippen LogP contribution in [-0.4, -0.2) is 87.5 Å². The third-order valence-corrected chi connectivity index (χ3v) is 15.9. The monoisotopic (exact) mass is 1070 g/mol. The van der Waals surface area contributed by atoms with Crippen molar-refractivity contribution >= 4 is 5.91 Å². The second-order valence-corrected chi connectivity index (χ2v) is 23.3. The van der Waals surface area contributed by atoms with Crippen LogP contribution < -0.4 is 5.32 Å². The lowest BCUT2D eigenvalue weighted by Crippen LogP contribution is -2.60. The van der Waals surface area contributed by atoms with Crippen LogP contribution in [0.3, 0.4) is 0 Å². The van der Waals surface area contributed by atoms with Gasteiger partial charge in [0.15, 0.2) is 6.29 Å². The number of allylic oxidation sites excluding steroid dienone is 5. The number of hydrogen-bond donors (Lipinski definition) is 6. The summed E-state index contributed by atoms with van der Waals surface area (Å²) in [5.41, 5.74) is 0. The summed E-state index contributed by atoms with van der Waals surface area (Å²) in [6.07, 6.45) is 68.2. The van der Waals surface area contributed by atoms with Crippen molar-refractivity contribution in [1.82, 2.24) is 5.32 Å². The smallest absolute Gasteiger partial charge is 0.220 e. The van der Waals surface area contributed by atoms with Gasteiger partial charge in [0.2, 0.25) is 5.91 Å². The topological polar surface area (TPSA) is 149 Å². The molecular weight excluding hydrogens is 947 g/mol. The Bertz CT molecular complexity index is 1290. The molecule has 0 aliphatic carbocycles. The first-order valence-electron chi connectivity index (χ1n) is 33.2. The molecule has 0 aromatic carbocycles. The Labute approximate surface area is 470 Å². The van der Waals surface area contributed by atoms with Crippen LogP contribution in [0.2, 0.25) is 0 Å². The van der Waals surface area contributed by atoms with Gasteiger partial charge in [0.25, 0.3) is 0 Å². The van der Waals surface area contributed by atoms with Gasteiger partial charge >= 0.3 is 0 Å². The van der Waals surface area contributed by atoms with Gasteiger partial charge in [-0.3, -0.25) is 4.79 Å². The fraction of sp³-hybridized carbons (Fsp3) is 0.896. The Morgan fingerprint density at radius 1 is 0.434 bits per heavy atom. The van der Waals surface area contributed by atoms with Crippen molar-refractivity contribution in [3.63, 3.8) is 0 Å². The van der Waals surface area contributed by atoms with Crippen molar-refractivity contribution in [3.8, 4) is 0 Å². The molecule has 0 spiro atoms. The van der Waals surface area contributed by atoms with Crippen LogP contribution in [-0.2, 0) is 14.3 Å². The van der Waals surface area contributed by atoms with Crippen LogP contribution in [0.25, 0.3) is 0 Å². The minimum atomic E-state index is -1.57. The Hall–Kier alpha value is -1.59. The van der Waals surface area contributed by atoms with Gasteiger partial charge in [-0.05, 0) is 44.9 Å². The number of carbonyl (C=O) groups is 1. The van der Waals surface area contributed by atoms with Crippen LogP contribution in [0.4, 0.5) is 0 Å². The molecule has 9 nitrogen and oxygen atoms in total. The van der Waals surface area contributed by atoms with Crippen LogP contribution in [0.1, 0.15) is 328 Å². The Morgan fingerprint density at radius 3 is 1.11 bits per heavy atom. The maximum Gasteiger partial charge on any atom is 0.220 e. The van der Waals surface area contributed by atoms with E-state index in [-0.39, 0.29) is 12.5 Å². The predicted octanol–water partition coefficient (Wildman–Crippen LogP) is 17.5. The van der Waals surface area contributed by atoms with Crippen LogP contribution in [0.15, 0.2) is 36.5 Å². The summed E-state index contributed by atoms with van der Waals surface area (Å²) >= 11 is 0. The molecule has 6 N–H and O–H groups in total. The highest BCUT2D eigenvalue weighted by atomic mass is 16.7. The highest BCUT2D eigenvalue weighted by Gasteiger charge is 2.44. The summed E-state index contributed by atoms with van der Waals surface area (Å²) in [4.78, 5) is 13.1. The summed E-state index contributed by atoms with van der Waals surface area (Å²) in [6, 6.07) is -0.827. The lowest BCUT2D eigenvalue weighted by Gasteiger charge is -2.40. The average molecular weight is 1070 g/mol. The molecule has 0 aromatic heterocycles. The Balaban J connectivity index is 2.19. The highest BCUT2D eigenvalue weighted by Crippen LogP contribution is 2.23. The van der Waals surface area contributed by atoms with Crippen molar-refractivity contribution in [3.05, 3.63) is 36.5 Å². The van der Waals surface area contributed by atoms with E-state index in [0.717, 1.165) is 44.9 Å². The third-order valence-electron chi connectivity index (χ3n) is 15.9. The number of amides is 1. The zero-order valence-electron chi connectivity index (χ0n) is 50.0. The molecule has 1 aliphatic rings. The first-order chi connectivity index (χ1) is 37.3. The van der Waals surface area contributed by atoms with Gasteiger partial charge in [-0.1, -0.05) is 314 Å². The lowest BCUT2D eigenvalue weighted by atomic mass is 9.99. The number of aliphatic hydroxyl groups is 5. The lowest BCUT2D eigenvalue weighted by molar-refractivity contribution is -0.302. The molecule has 0 saturated carbocycles. The van der Waals surface area contributed by atoms with E-state index in [1.165, 1.54) is 263 Å². The molecule has 1 rings (SSSR count). The second kappa shape index (κ2) is 56.7. The summed E-state index contributed by atoms with van der Waals surface area (Å²) in [7, 11) is 0. The number of nitrogens with one attached hydrogen (secondary N) is 1. The van der Waals surface area contributed by atoms with Crippen molar-refractivity contribution in [2.24, 2.45) is 0 Å². The molecule has 1 amide bonds. The molecule has 76 heavy (non-hydrogen) atoms. The number of rotatable bonds is 58. The maximum absolute atomic E-state index is 13.1. The quantitative estimate of drug-likeness (QED) is 0.0261. The first-order valence-corrected chi connectivity index (χ1v) is 33.2. The summed E-state index contributed by atoms with van der Waals surface area (Å²) in [5.74, 6) is -0.184. The number of hydrogen-bond acceptors (Lipinski definition) is 8. The fourth-order valence-corrected chi connectivity index (χ4v) is 10.7. The summed E-state index contributed by atoms with van der Waals surface area (Å²) < 4.78 is 11.3. The number of aliphatic hydroxyl groups excluding tert-OH is 5. The van der Waals surface area contributed by atoms with Gasteiger partial charge in [0, 0.05) is 6.42 Å². The van der Waals surface area contributed by atoms with E-state index in [2.05, 4.69) is 43.5 Å².